The van der Waals surface area contributed by atoms with Gasteiger partial charge < -0.3 is 5.11 Å². The molecule has 1 nitrogen and oxygen atoms in total. The summed E-state index contributed by atoms with van der Waals surface area (Å²) >= 11 is 38.3. The highest BCUT2D eigenvalue weighted by Crippen LogP contribution is 2.74. The average Bonchev–Trinajstić information content (AvgIpc) is 2.61. The minimum absolute atomic E-state index is 0.0302. The monoisotopic (exact) mass is 408 g/mol. The first kappa shape index (κ1) is 18.3. The molecule has 0 radical (unpaired) electrons. The molecule has 2 aliphatic rings. The molecule has 3 atom stereocenters. The van der Waals surface area contributed by atoms with E-state index in [0.717, 1.165) is 0 Å². The minimum Gasteiger partial charge on any atom is -0.395 e. The first-order valence-corrected chi connectivity index (χ1v) is 8.63. The highest BCUT2D eigenvalue weighted by Gasteiger charge is 2.78. The number of allylic oxidation sites excluding steroid dienone is 2. The SMILES string of the molecule is CC(C)(C#CC[C@@H]1C[C@]2(Cl)C(Cl)=C(Cl)[C@@]1(Cl)C2(Cl)Cl)CO. The van der Waals surface area contributed by atoms with Crippen LogP contribution in [0.1, 0.15) is 26.7 Å². The number of fused-ring (bicyclic) bond motifs is 2. The van der Waals surface area contributed by atoms with E-state index in [1.54, 1.807) is 0 Å². The molecule has 21 heavy (non-hydrogen) atoms. The second-order valence-corrected chi connectivity index (χ2v) is 9.49. The molecular weight excluding hydrogens is 397 g/mol. The molecule has 0 spiro atoms. The Morgan fingerprint density at radius 1 is 1.19 bits per heavy atom. The first-order chi connectivity index (χ1) is 9.44. The van der Waals surface area contributed by atoms with E-state index in [0.29, 0.717) is 12.8 Å². The fourth-order valence-corrected chi connectivity index (χ4v) is 5.54. The largest absolute Gasteiger partial charge is 0.395 e. The van der Waals surface area contributed by atoms with Crippen LogP contribution in [0.5, 0.6) is 0 Å². The van der Waals surface area contributed by atoms with Crippen molar-refractivity contribution >= 4 is 69.6 Å². The zero-order valence-corrected chi connectivity index (χ0v) is 15.9. The number of alkyl halides is 4. The van der Waals surface area contributed by atoms with Crippen LogP contribution in [0.2, 0.25) is 0 Å². The van der Waals surface area contributed by atoms with Crippen molar-refractivity contribution in [1.82, 2.24) is 0 Å². The van der Waals surface area contributed by atoms with Crippen molar-refractivity contribution in [3.05, 3.63) is 10.1 Å². The fraction of sp³-hybridized carbons (Fsp3) is 0.714. The summed E-state index contributed by atoms with van der Waals surface area (Å²) in [6.07, 6.45) is 0.817. The number of hydrogen-bond donors (Lipinski definition) is 1. The van der Waals surface area contributed by atoms with Gasteiger partial charge in [0.15, 0.2) is 4.33 Å². The number of rotatable bonds is 2. The van der Waals surface area contributed by atoms with Crippen LogP contribution in [0.3, 0.4) is 0 Å². The van der Waals surface area contributed by atoms with Gasteiger partial charge in [-0.05, 0) is 26.2 Å². The summed E-state index contributed by atoms with van der Waals surface area (Å²) in [6, 6.07) is 0. The Morgan fingerprint density at radius 3 is 2.19 bits per heavy atom. The van der Waals surface area contributed by atoms with E-state index in [-0.39, 0.29) is 22.6 Å². The maximum absolute atomic E-state index is 9.20. The predicted molar refractivity (Wildman–Crippen MR) is 91.7 cm³/mol. The Bertz CT molecular complexity index is 558. The summed E-state index contributed by atoms with van der Waals surface area (Å²) in [4.78, 5) is -2.43. The summed E-state index contributed by atoms with van der Waals surface area (Å²) in [5.41, 5.74) is -0.480. The van der Waals surface area contributed by atoms with E-state index in [1.165, 1.54) is 0 Å². The molecule has 0 unspecified atom stereocenters. The number of aliphatic hydroxyl groups is 1. The second-order valence-electron chi connectivity index (χ2n) is 6.16. The molecule has 0 amide bonds. The molecule has 1 N–H and O–H groups in total. The first-order valence-electron chi connectivity index (χ1n) is 6.37. The molecule has 7 heteroatoms. The maximum Gasteiger partial charge on any atom is 0.166 e. The number of halogens is 6. The van der Waals surface area contributed by atoms with E-state index in [1.807, 2.05) is 13.8 Å². The minimum atomic E-state index is -1.49. The Hall–Kier alpha value is 1.000. The van der Waals surface area contributed by atoms with Gasteiger partial charge in [0.1, 0.15) is 9.75 Å². The van der Waals surface area contributed by atoms with Gasteiger partial charge in [-0.1, -0.05) is 52.3 Å². The lowest BCUT2D eigenvalue weighted by molar-refractivity contribution is 0.206. The van der Waals surface area contributed by atoms with Gasteiger partial charge >= 0.3 is 0 Å². The van der Waals surface area contributed by atoms with E-state index >= 15 is 0 Å². The van der Waals surface area contributed by atoms with Gasteiger partial charge in [0.2, 0.25) is 0 Å². The quantitative estimate of drug-likeness (QED) is 0.487. The Balaban J connectivity index is 2.31. The van der Waals surface area contributed by atoms with Crippen molar-refractivity contribution in [2.75, 3.05) is 6.61 Å². The summed E-state index contributed by atoms with van der Waals surface area (Å²) in [5.74, 6) is 5.80. The Labute approximate surface area is 154 Å². The zero-order valence-electron chi connectivity index (χ0n) is 11.4. The molecule has 0 aromatic rings. The predicted octanol–water partition coefficient (Wildman–Crippen LogP) is 5.25. The maximum atomic E-state index is 9.20. The Morgan fingerprint density at radius 2 is 1.76 bits per heavy atom. The molecule has 118 valence electrons. The summed E-state index contributed by atoms with van der Waals surface area (Å²) in [5, 5.41) is 9.62. The molecule has 0 aromatic carbocycles. The van der Waals surface area contributed by atoms with Gasteiger partial charge in [0.05, 0.1) is 16.7 Å². The molecule has 2 rings (SSSR count). The van der Waals surface area contributed by atoms with Crippen molar-refractivity contribution in [3.8, 4) is 11.8 Å². The molecule has 2 aliphatic carbocycles. The number of aliphatic hydroxyl groups excluding tert-OH is 1. The summed E-state index contributed by atoms with van der Waals surface area (Å²) in [6.45, 7) is 3.66. The molecule has 0 saturated heterocycles. The van der Waals surface area contributed by atoms with Crippen LogP contribution in [0.25, 0.3) is 0 Å². The van der Waals surface area contributed by atoms with Crippen molar-refractivity contribution in [3.63, 3.8) is 0 Å². The molecule has 1 fully saturated rings. The highest BCUT2D eigenvalue weighted by atomic mass is 35.5. The van der Waals surface area contributed by atoms with Gasteiger partial charge in [0, 0.05) is 11.8 Å². The third-order valence-corrected chi connectivity index (χ3v) is 8.40. The van der Waals surface area contributed by atoms with E-state index in [9.17, 15) is 5.11 Å². The topological polar surface area (TPSA) is 20.2 Å². The normalized spacial score (nSPS) is 37.7. The lowest BCUT2D eigenvalue weighted by atomic mass is 9.88. The van der Waals surface area contributed by atoms with Crippen molar-refractivity contribution < 1.29 is 5.11 Å². The van der Waals surface area contributed by atoms with Crippen LogP contribution in [0.4, 0.5) is 0 Å². The van der Waals surface area contributed by atoms with Gasteiger partial charge in [-0.15, -0.1) is 29.1 Å². The molecule has 0 aromatic heterocycles. The Kier molecular flexibility index (Phi) is 4.82. The molecule has 0 heterocycles. The van der Waals surface area contributed by atoms with Crippen LogP contribution < -0.4 is 0 Å². The molecular formula is C14H14Cl6O. The molecule has 2 bridgehead atoms. The lowest BCUT2D eigenvalue weighted by Gasteiger charge is -2.33. The van der Waals surface area contributed by atoms with Crippen LogP contribution in [-0.2, 0) is 0 Å². The van der Waals surface area contributed by atoms with E-state index in [2.05, 4.69) is 11.8 Å². The van der Waals surface area contributed by atoms with Crippen LogP contribution in [0.15, 0.2) is 10.1 Å². The van der Waals surface area contributed by atoms with E-state index < -0.39 is 19.5 Å². The second kappa shape index (κ2) is 5.52. The summed E-state index contributed by atoms with van der Waals surface area (Å²) in [7, 11) is 0. The third kappa shape index (κ3) is 2.42. The van der Waals surface area contributed by atoms with Gasteiger partial charge in [-0.3, -0.25) is 0 Å². The van der Waals surface area contributed by atoms with Crippen molar-refractivity contribution in [1.29, 1.82) is 0 Å². The van der Waals surface area contributed by atoms with Crippen LogP contribution in [0, 0.1) is 23.2 Å². The zero-order chi connectivity index (χ0) is 16.3. The van der Waals surface area contributed by atoms with Crippen molar-refractivity contribution in [2.24, 2.45) is 11.3 Å². The van der Waals surface area contributed by atoms with E-state index in [4.69, 9.17) is 69.6 Å². The van der Waals surface area contributed by atoms with Gasteiger partial charge in [0.25, 0.3) is 0 Å². The smallest absolute Gasteiger partial charge is 0.166 e. The molecule has 1 saturated carbocycles. The fourth-order valence-electron chi connectivity index (χ4n) is 2.70. The third-order valence-electron chi connectivity index (χ3n) is 4.08. The van der Waals surface area contributed by atoms with Crippen LogP contribution in [-0.4, -0.2) is 25.8 Å². The molecule has 0 aliphatic heterocycles. The van der Waals surface area contributed by atoms with Gasteiger partial charge in [-0.25, -0.2) is 0 Å². The highest BCUT2D eigenvalue weighted by molar-refractivity contribution is 6.65. The summed E-state index contributed by atoms with van der Waals surface area (Å²) < 4.78 is -1.49. The average molecular weight is 411 g/mol. The van der Waals surface area contributed by atoms with Crippen LogP contribution >= 0.6 is 69.6 Å². The van der Waals surface area contributed by atoms with Gasteiger partial charge in [-0.2, -0.15) is 0 Å². The lowest BCUT2D eigenvalue weighted by Crippen LogP contribution is -2.44. The number of hydrogen-bond acceptors (Lipinski definition) is 1. The standard InChI is InChI=1S/C14H14Cl6O/c1-11(2,7-21)5-3-4-8-6-12(17)9(15)10(16)13(8,18)14(12,19)20/h8,21H,4,6-7H2,1-2H3/t8-,12+,13-/m1/s1. The van der Waals surface area contributed by atoms with Crippen molar-refractivity contribution in [2.45, 2.75) is 40.8 Å².